The molecule has 1 fully saturated rings. The van der Waals surface area contributed by atoms with Crippen LogP contribution in [0.15, 0.2) is 158 Å². The third-order valence-electron chi connectivity index (χ3n) is 10.5. The summed E-state index contributed by atoms with van der Waals surface area (Å²) in [6.45, 7) is 1.55. The molecule has 1 saturated heterocycles. The van der Waals surface area contributed by atoms with Crippen molar-refractivity contribution in [3.63, 3.8) is 0 Å². The molecule has 9 heteroatoms. The number of benzene rings is 4. The van der Waals surface area contributed by atoms with E-state index in [1.54, 1.807) is 23.5 Å². The van der Waals surface area contributed by atoms with Crippen molar-refractivity contribution in [1.82, 2.24) is 24.1 Å². The number of hydrogen-bond donors (Lipinski definition) is 1. The van der Waals surface area contributed by atoms with Gasteiger partial charge >= 0.3 is 0 Å². The first-order valence-corrected chi connectivity index (χ1v) is 18.9. The molecular weight excluding hydrogens is 692 g/mol. The lowest BCUT2D eigenvalue weighted by Gasteiger charge is -2.36. The van der Waals surface area contributed by atoms with Crippen LogP contribution in [0.3, 0.4) is 0 Å². The first kappa shape index (κ1) is 33.7. The average Bonchev–Trinajstić information content (AvgIpc) is 4.04. The van der Waals surface area contributed by atoms with E-state index in [1.165, 1.54) is 17.0 Å². The molecule has 0 saturated carbocycles. The Labute approximate surface area is 316 Å². The third-order valence-corrected chi connectivity index (χ3v) is 11.6. The largest absolute Gasteiger partial charge is 0.368 e. The molecule has 54 heavy (non-hydrogen) atoms. The molecule has 0 aliphatic carbocycles. The predicted octanol–water partition coefficient (Wildman–Crippen LogP) is 9.02. The van der Waals surface area contributed by atoms with E-state index in [0.717, 1.165) is 74.7 Å². The number of nitrogens with zero attached hydrogens (tertiary/aromatic N) is 5. The number of carbonyl (C=O) groups excluding carboxylic acids is 1. The number of likely N-dealkylation sites (tertiary alicyclic amines) is 1. The van der Waals surface area contributed by atoms with Crippen molar-refractivity contribution < 1.29 is 9.18 Å². The number of rotatable bonds is 10. The highest BCUT2D eigenvalue weighted by atomic mass is 32.1. The minimum Gasteiger partial charge on any atom is -0.368 e. The number of imidazole rings is 1. The number of carbonyl (C=O) groups is 1. The van der Waals surface area contributed by atoms with Crippen LogP contribution in [0.1, 0.15) is 34.4 Å². The van der Waals surface area contributed by atoms with Gasteiger partial charge in [-0.05, 0) is 84.6 Å². The van der Waals surface area contributed by atoms with Gasteiger partial charge in [0.1, 0.15) is 22.7 Å². The van der Waals surface area contributed by atoms with Gasteiger partial charge in [0.2, 0.25) is 5.91 Å². The van der Waals surface area contributed by atoms with Gasteiger partial charge in [0.25, 0.3) is 0 Å². The molecule has 0 bridgehead atoms. The van der Waals surface area contributed by atoms with Gasteiger partial charge in [-0.15, -0.1) is 11.3 Å². The third kappa shape index (κ3) is 5.91. The molecule has 1 atom stereocenters. The highest BCUT2D eigenvalue weighted by molar-refractivity contribution is 7.15. The highest BCUT2D eigenvalue weighted by Crippen LogP contribution is 2.43. The van der Waals surface area contributed by atoms with E-state index >= 15 is 0 Å². The Hall–Kier alpha value is -6.16. The molecule has 0 spiro atoms. The Kier molecular flexibility index (Phi) is 8.73. The lowest BCUT2D eigenvalue weighted by atomic mass is 9.77. The maximum absolute atomic E-state index is 14.3. The summed E-state index contributed by atoms with van der Waals surface area (Å²) in [6, 6.07) is 46.0. The molecule has 1 amide bonds. The quantitative estimate of drug-likeness (QED) is 0.143. The van der Waals surface area contributed by atoms with Gasteiger partial charge in [-0.25, -0.2) is 9.37 Å². The number of halogens is 1. The first-order valence-electron chi connectivity index (χ1n) is 18.1. The molecule has 266 valence electrons. The molecule has 4 aromatic heterocycles. The number of amides is 1. The zero-order chi connectivity index (χ0) is 36.6. The highest BCUT2D eigenvalue weighted by Gasteiger charge is 2.40. The van der Waals surface area contributed by atoms with Crippen LogP contribution >= 0.6 is 11.3 Å². The Balaban J connectivity index is 1.21. The van der Waals surface area contributed by atoms with E-state index in [1.807, 2.05) is 30.5 Å². The van der Waals surface area contributed by atoms with Crippen LogP contribution in [-0.2, 0) is 16.9 Å². The van der Waals surface area contributed by atoms with Crippen LogP contribution in [0.4, 0.5) is 4.39 Å². The Bertz CT molecular complexity index is 2470. The minimum atomic E-state index is -0.836. The van der Waals surface area contributed by atoms with E-state index in [0.29, 0.717) is 6.54 Å². The van der Waals surface area contributed by atoms with E-state index < -0.39 is 5.54 Å². The summed E-state index contributed by atoms with van der Waals surface area (Å²) in [6.07, 6.45) is 7.93. The number of fused-ring (bicyclic) bond motifs is 1. The molecule has 5 heterocycles. The molecular formula is C45H37FN6OS. The van der Waals surface area contributed by atoms with Gasteiger partial charge in [-0.2, -0.15) is 5.10 Å². The second kappa shape index (κ2) is 14.0. The normalized spacial score (nSPS) is 14.9. The van der Waals surface area contributed by atoms with Crippen molar-refractivity contribution in [2.24, 2.45) is 5.73 Å². The zero-order valence-corrected chi connectivity index (χ0v) is 30.2. The predicted molar refractivity (Wildman–Crippen MR) is 212 cm³/mol. The van der Waals surface area contributed by atoms with E-state index in [-0.39, 0.29) is 17.8 Å². The monoisotopic (exact) mass is 728 g/mol. The molecule has 8 aromatic rings. The van der Waals surface area contributed by atoms with Crippen LogP contribution < -0.4 is 5.73 Å². The lowest BCUT2D eigenvalue weighted by molar-refractivity contribution is -0.122. The summed E-state index contributed by atoms with van der Waals surface area (Å²) in [5.41, 5.74) is 13.2. The van der Waals surface area contributed by atoms with Crippen molar-refractivity contribution in [2.45, 2.75) is 31.0 Å². The minimum absolute atomic E-state index is 0.213. The number of hydrogen-bond acceptors (Lipinski definition) is 5. The standard InChI is InChI=1S/C45H37FN6OS/c46-36-21-18-31(19-22-36)43-38(30-52(49-43)45(33-11-4-1-5-12-33,34-13-6-2-7-14-34)35-15-8-3-9-16-35)32-20-25-42-48-27-40(51(42)28-32)41-24-23-37(54-41)29-50-26-10-17-39(50)44(47)53/h1-9,11-16,18-25,27-28,30,39H,10,17,26,29H2,(H2,47,53)/t39-/m0/s1. The molecule has 7 nitrogen and oxygen atoms in total. The SMILES string of the molecule is NC(=O)[C@@H]1CCCN1Cc1ccc(-c2cnc3ccc(-c4cn(C(c5ccccc5)(c5ccccc5)c5ccccc5)nc4-c4ccc(F)cc4)cn23)s1. The van der Waals surface area contributed by atoms with Crippen LogP contribution in [0.2, 0.25) is 0 Å². The molecule has 0 radical (unpaired) electrons. The molecule has 4 aromatic carbocycles. The summed E-state index contributed by atoms with van der Waals surface area (Å²) >= 11 is 1.70. The zero-order valence-electron chi connectivity index (χ0n) is 29.4. The van der Waals surface area contributed by atoms with Crippen molar-refractivity contribution >= 4 is 22.9 Å². The van der Waals surface area contributed by atoms with Crippen LogP contribution in [0.5, 0.6) is 0 Å². The molecule has 9 rings (SSSR count). The van der Waals surface area contributed by atoms with Crippen LogP contribution in [-0.4, -0.2) is 42.6 Å². The topological polar surface area (TPSA) is 81.5 Å². The Morgan fingerprint density at radius 3 is 2.04 bits per heavy atom. The number of pyridine rings is 1. The van der Waals surface area contributed by atoms with Gasteiger partial charge in [-0.1, -0.05) is 91.0 Å². The summed E-state index contributed by atoms with van der Waals surface area (Å²) in [5, 5.41) is 5.44. The van der Waals surface area contributed by atoms with Crippen molar-refractivity contribution in [2.75, 3.05) is 6.54 Å². The van der Waals surface area contributed by atoms with Crippen molar-refractivity contribution in [3.8, 4) is 33.0 Å². The van der Waals surface area contributed by atoms with Crippen LogP contribution in [0.25, 0.3) is 38.6 Å². The first-order chi connectivity index (χ1) is 26.5. The van der Waals surface area contributed by atoms with E-state index in [2.05, 4.69) is 117 Å². The van der Waals surface area contributed by atoms with Gasteiger partial charge < -0.3 is 5.73 Å². The van der Waals surface area contributed by atoms with Crippen molar-refractivity contribution in [1.29, 1.82) is 0 Å². The summed E-state index contributed by atoms with van der Waals surface area (Å²) < 4.78 is 18.5. The molecule has 1 aliphatic heterocycles. The number of thiophene rings is 1. The van der Waals surface area contributed by atoms with Gasteiger partial charge in [0.15, 0.2) is 0 Å². The fourth-order valence-electron chi connectivity index (χ4n) is 7.97. The number of nitrogens with two attached hydrogens (primary N) is 1. The Morgan fingerprint density at radius 1 is 0.778 bits per heavy atom. The van der Waals surface area contributed by atoms with E-state index in [9.17, 15) is 9.18 Å². The summed E-state index contributed by atoms with van der Waals surface area (Å²) in [7, 11) is 0. The molecule has 0 unspecified atom stereocenters. The van der Waals surface area contributed by atoms with Crippen molar-refractivity contribution in [3.05, 3.63) is 186 Å². The summed E-state index contributed by atoms with van der Waals surface area (Å²) in [4.78, 5) is 21.2. The maximum atomic E-state index is 14.3. The average molecular weight is 729 g/mol. The smallest absolute Gasteiger partial charge is 0.234 e. The van der Waals surface area contributed by atoms with Gasteiger partial charge in [-0.3, -0.25) is 18.8 Å². The summed E-state index contributed by atoms with van der Waals surface area (Å²) in [5.74, 6) is -0.558. The second-order valence-corrected chi connectivity index (χ2v) is 14.9. The van der Waals surface area contributed by atoms with Crippen LogP contribution in [0, 0.1) is 5.82 Å². The molecule has 1 aliphatic rings. The second-order valence-electron chi connectivity index (χ2n) is 13.7. The fraction of sp³-hybridized carbons (Fsp3) is 0.133. The Morgan fingerprint density at radius 2 is 1.41 bits per heavy atom. The molecule has 2 N–H and O–H groups in total. The maximum Gasteiger partial charge on any atom is 0.234 e. The van der Waals surface area contributed by atoms with E-state index in [4.69, 9.17) is 15.8 Å². The van der Waals surface area contributed by atoms with Gasteiger partial charge in [0, 0.05) is 40.5 Å². The number of primary amides is 1. The number of aromatic nitrogens is 4. The lowest BCUT2D eigenvalue weighted by Crippen LogP contribution is -2.39. The fourth-order valence-corrected chi connectivity index (χ4v) is 9.01. The van der Waals surface area contributed by atoms with Gasteiger partial charge in [0.05, 0.1) is 22.8 Å².